The summed E-state index contributed by atoms with van der Waals surface area (Å²) in [4.78, 5) is 23.8. The van der Waals surface area contributed by atoms with Gasteiger partial charge in [-0.3, -0.25) is 4.79 Å². The highest BCUT2D eigenvalue weighted by atomic mass is 35.6. The van der Waals surface area contributed by atoms with E-state index in [0.717, 1.165) is 12.0 Å². The van der Waals surface area contributed by atoms with Crippen molar-refractivity contribution < 1.29 is 19.1 Å². The molecule has 7 nitrogen and oxygen atoms in total. The molecule has 3 N–H and O–H groups in total. The molecule has 1 atom stereocenters. The molecule has 0 aliphatic carbocycles. The first-order valence-electron chi connectivity index (χ1n) is 9.46. The number of alkyl halides is 3. The van der Waals surface area contributed by atoms with E-state index < -0.39 is 21.8 Å². The van der Waals surface area contributed by atoms with Crippen molar-refractivity contribution in [2.24, 2.45) is 0 Å². The fraction of sp³-hybridized carbons (Fsp3) is 0.286. The third kappa shape index (κ3) is 8.35. The maximum Gasteiger partial charge on any atom is 0.337 e. The Labute approximate surface area is 206 Å². The minimum absolute atomic E-state index is 0.0866. The van der Waals surface area contributed by atoms with E-state index >= 15 is 0 Å². The molecular formula is C21H22Cl3N3O4S. The molecule has 0 fully saturated rings. The van der Waals surface area contributed by atoms with Crippen molar-refractivity contribution in [1.82, 2.24) is 10.6 Å². The molecule has 172 valence electrons. The molecule has 2 aromatic carbocycles. The van der Waals surface area contributed by atoms with Crippen molar-refractivity contribution in [2.45, 2.75) is 23.3 Å². The van der Waals surface area contributed by atoms with Crippen LogP contribution in [0.1, 0.15) is 22.8 Å². The molecule has 2 aromatic rings. The van der Waals surface area contributed by atoms with Gasteiger partial charge in [-0.25, -0.2) is 4.79 Å². The summed E-state index contributed by atoms with van der Waals surface area (Å²) in [6.07, 6.45) is -0.235. The van der Waals surface area contributed by atoms with Gasteiger partial charge in [-0.2, -0.15) is 0 Å². The number of esters is 1. The Bertz CT molecular complexity index is 935. The number of amides is 1. The summed E-state index contributed by atoms with van der Waals surface area (Å²) in [6, 6.07) is 13.8. The van der Waals surface area contributed by atoms with Crippen molar-refractivity contribution in [2.75, 3.05) is 19.0 Å². The zero-order chi connectivity index (χ0) is 23.7. The summed E-state index contributed by atoms with van der Waals surface area (Å²) in [6.45, 7) is 1.77. The van der Waals surface area contributed by atoms with E-state index in [-0.39, 0.29) is 11.7 Å². The lowest BCUT2D eigenvalue weighted by Crippen LogP contribution is -2.56. The van der Waals surface area contributed by atoms with Crippen LogP contribution in [0.2, 0.25) is 0 Å². The second-order valence-electron chi connectivity index (χ2n) is 6.50. The summed E-state index contributed by atoms with van der Waals surface area (Å²) in [7, 11) is 1.30. The number of rotatable bonds is 8. The second kappa shape index (κ2) is 12.1. The number of thiocarbonyl (C=S) groups is 1. The molecule has 0 unspecified atom stereocenters. The van der Waals surface area contributed by atoms with E-state index in [9.17, 15) is 9.59 Å². The number of hydrogen-bond donors (Lipinski definition) is 3. The molecule has 0 radical (unpaired) electrons. The Kier molecular flexibility index (Phi) is 9.84. The number of carbonyl (C=O) groups is 2. The van der Waals surface area contributed by atoms with Crippen molar-refractivity contribution in [1.29, 1.82) is 0 Å². The highest BCUT2D eigenvalue weighted by Crippen LogP contribution is 2.29. The number of hydrogen-bond acceptors (Lipinski definition) is 5. The average Bonchev–Trinajstić information content (AvgIpc) is 2.77. The highest BCUT2D eigenvalue weighted by molar-refractivity contribution is 7.80. The van der Waals surface area contributed by atoms with Crippen LogP contribution in [0.5, 0.6) is 5.75 Å². The molecule has 0 saturated carbocycles. The van der Waals surface area contributed by atoms with Gasteiger partial charge in [0.05, 0.1) is 12.7 Å². The Hall–Kier alpha value is -2.26. The molecule has 0 aliphatic heterocycles. The Morgan fingerprint density at radius 2 is 1.66 bits per heavy atom. The first-order valence-corrected chi connectivity index (χ1v) is 11.0. The Morgan fingerprint density at radius 1 is 1.03 bits per heavy atom. The van der Waals surface area contributed by atoms with Gasteiger partial charge < -0.3 is 25.4 Å². The summed E-state index contributed by atoms with van der Waals surface area (Å²) < 4.78 is 8.21. The molecule has 0 aliphatic rings. The molecule has 1 amide bonds. The van der Waals surface area contributed by atoms with E-state index in [1.807, 2.05) is 19.1 Å². The van der Waals surface area contributed by atoms with Gasteiger partial charge in [0.1, 0.15) is 11.9 Å². The number of halogens is 3. The lowest BCUT2D eigenvalue weighted by molar-refractivity contribution is -0.123. The van der Waals surface area contributed by atoms with Gasteiger partial charge in [-0.1, -0.05) is 53.9 Å². The van der Waals surface area contributed by atoms with Crippen LogP contribution in [0.25, 0.3) is 0 Å². The molecule has 32 heavy (non-hydrogen) atoms. The van der Waals surface area contributed by atoms with E-state index in [1.54, 1.807) is 36.4 Å². The lowest BCUT2D eigenvalue weighted by atomic mass is 10.2. The number of carbonyl (C=O) groups excluding carboxylic acids is 2. The van der Waals surface area contributed by atoms with Crippen molar-refractivity contribution in [3.8, 4) is 5.75 Å². The van der Waals surface area contributed by atoms with Crippen LogP contribution in [-0.4, -0.2) is 40.7 Å². The maximum absolute atomic E-state index is 12.3. The normalized spacial score (nSPS) is 11.8. The zero-order valence-corrected chi connectivity index (χ0v) is 20.4. The smallest absolute Gasteiger partial charge is 0.337 e. The quantitative estimate of drug-likeness (QED) is 0.209. The average molecular weight is 519 g/mol. The predicted molar refractivity (Wildman–Crippen MR) is 131 cm³/mol. The van der Waals surface area contributed by atoms with Crippen LogP contribution in [0.4, 0.5) is 5.69 Å². The highest BCUT2D eigenvalue weighted by Gasteiger charge is 2.34. The molecule has 0 heterocycles. The van der Waals surface area contributed by atoms with Crippen LogP contribution in [0.3, 0.4) is 0 Å². The van der Waals surface area contributed by atoms with Gasteiger partial charge >= 0.3 is 5.97 Å². The van der Waals surface area contributed by atoms with Crippen molar-refractivity contribution in [3.05, 3.63) is 59.7 Å². The number of anilines is 1. The first kappa shape index (κ1) is 26.0. The Morgan fingerprint density at radius 3 is 2.19 bits per heavy atom. The van der Waals surface area contributed by atoms with Crippen LogP contribution in [0.15, 0.2) is 48.5 Å². The minimum atomic E-state index is -1.90. The third-order valence-corrected chi connectivity index (χ3v) is 5.05. The SMILES string of the molecule is CCc1ccc(OCC(=O)N[C@H](NC(=S)Nc2ccc(C(=O)OC)cc2)C(Cl)(Cl)Cl)cc1. The standard InChI is InChI=1S/C21H22Cl3N3O4S/c1-3-13-4-10-16(11-5-13)31-12-17(28)26-19(21(22,23)24)27-20(32)25-15-8-6-14(7-9-15)18(29)30-2/h4-11,19H,3,12H2,1-2H3,(H,26,28)(H2,25,27,32)/t19-/m1/s1. The monoisotopic (exact) mass is 517 g/mol. The summed E-state index contributed by atoms with van der Waals surface area (Å²) in [5, 5.41) is 8.25. The predicted octanol–water partition coefficient (Wildman–Crippen LogP) is 4.21. The van der Waals surface area contributed by atoms with Gasteiger partial charge in [0.2, 0.25) is 3.79 Å². The van der Waals surface area contributed by atoms with Gasteiger partial charge in [-0.15, -0.1) is 0 Å². The number of benzene rings is 2. The number of nitrogens with one attached hydrogen (secondary N) is 3. The molecule has 2 rings (SSSR count). The second-order valence-corrected chi connectivity index (χ2v) is 9.27. The number of aryl methyl sites for hydroxylation is 1. The molecule has 0 saturated heterocycles. The summed E-state index contributed by atoms with van der Waals surface area (Å²) >= 11 is 23.2. The van der Waals surface area contributed by atoms with Gasteiger partial charge in [-0.05, 0) is 60.6 Å². The van der Waals surface area contributed by atoms with Crippen LogP contribution < -0.4 is 20.7 Å². The van der Waals surface area contributed by atoms with Gasteiger partial charge in [0.15, 0.2) is 11.7 Å². The maximum atomic E-state index is 12.3. The van der Waals surface area contributed by atoms with E-state index in [2.05, 4.69) is 20.7 Å². The van der Waals surface area contributed by atoms with Crippen molar-refractivity contribution >= 4 is 69.7 Å². The molecule has 11 heteroatoms. The van der Waals surface area contributed by atoms with E-state index in [1.165, 1.54) is 7.11 Å². The molecule has 0 aromatic heterocycles. The molecular weight excluding hydrogens is 497 g/mol. The summed E-state index contributed by atoms with van der Waals surface area (Å²) in [5.74, 6) is -0.429. The summed E-state index contributed by atoms with van der Waals surface area (Å²) in [5.41, 5.74) is 2.11. The van der Waals surface area contributed by atoms with Crippen LogP contribution in [-0.2, 0) is 16.0 Å². The lowest BCUT2D eigenvalue weighted by Gasteiger charge is -2.27. The number of methoxy groups -OCH3 is 1. The Balaban J connectivity index is 1.92. The minimum Gasteiger partial charge on any atom is -0.484 e. The molecule has 0 spiro atoms. The third-order valence-electron chi connectivity index (χ3n) is 4.17. The topological polar surface area (TPSA) is 88.7 Å². The van der Waals surface area contributed by atoms with Crippen LogP contribution in [0, 0.1) is 0 Å². The first-order chi connectivity index (χ1) is 15.1. The molecule has 0 bridgehead atoms. The fourth-order valence-corrected chi connectivity index (χ4v) is 3.04. The van der Waals surface area contributed by atoms with Gasteiger partial charge in [0, 0.05) is 5.69 Å². The fourth-order valence-electron chi connectivity index (χ4n) is 2.48. The zero-order valence-electron chi connectivity index (χ0n) is 17.3. The largest absolute Gasteiger partial charge is 0.484 e. The number of ether oxygens (including phenoxy) is 2. The van der Waals surface area contributed by atoms with Gasteiger partial charge in [0.25, 0.3) is 5.91 Å². The van der Waals surface area contributed by atoms with E-state index in [4.69, 9.17) is 51.8 Å². The van der Waals surface area contributed by atoms with E-state index in [0.29, 0.717) is 17.0 Å². The van der Waals surface area contributed by atoms with Crippen LogP contribution >= 0.6 is 47.0 Å². The van der Waals surface area contributed by atoms with Crippen molar-refractivity contribution in [3.63, 3.8) is 0 Å².